The van der Waals surface area contributed by atoms with E-state index in [1.165, 1.54) is 23.6 Å². The molecule has 12 rings (SSSR count). The van der Waals surface area contributed by atoms with Gasteiger partial charge in [-0.2, -0.15) is 4.98 Å². The fourth-order valence-corrected chi connectivity index (χ4v) is 17.6. The summed E-state index contributed by atoms with van der Waals surface area (Å²) in [6, 6.07) is 9.90. The Kier molecular flexibility index (Phi) is 37.7. The van der Waals surface area contributed by atoms with E-state index in [0.29, 0.717) is 220 Å². The Bertz CT molecular complexity index is 5020. The van der Waals surface area contributed by atoms with Gasteiger partial charge in [-0.25, -0.2) is 39.5 Å². The number of hydrogen-bond acceptors (Lipinski definition) is 32. The van der Waals surface area contributed by atoms with Crippen LogP contribution >= 0.6 is 0 Å². The fraction of sp³-hybridized carbons (Fsp3) is 0.562. The number of fused-ring (bicyclic) bond motifs is 5. The average Bonchev–Trinajstić information content (AvgIpc) is 1.82. The quantitative estimate of drug-likeness (QED) is 0.00660. The van der Waals surface area contributed by atoms with Crippen molar-refractivity contribution in [2.24, 2.45) is 23.7 Å². The maximum Gasteiger partial charge on any atom is 0.407 e. The number of aliphatic hydroxyl groups excluding tert-OH is 2. The fourth-order valence-electron chi connectivity index (χ4n) is 17.6. The molecular weight excluding hydrogens is 1700 g/mol. The van der Waals surface area contributed by atoms with Gasteiger partial charge in [-0.3, -0.25) is 34.2 Å². The van der Waals surface area contributed by atoms with Crippen molar-refractivity contribution in [3.8, 4) is 0 Å². The number of carbonyl (C=O) groups is 8. The largest absolute Gasteiger partial charge is 0.460 e. The molecule has 4 fully saturated rings. The van der Waals surface area contributed by atoms with Crippen LogP contribution in [0.2, 0.25) is 0 Å². The highest BCUT2D eigenvalue weighted by Crippen LogP contribution is 2.35. The summed E-state index contributed by atoms with van der Waals surface area (Å²) in [6.45, 7) is 14.9. The van der Waals surface area contributed by atoms with Crippen LogP contribution in [-0.4, -0.2) is 262 Å². The lowest BCUT2D eigenvalue weighted by Crippen LogP contribution is -2.56. The second-order valence-corrected chi connectivity index (χ2v) is 35.1. The summed E-state index contributed by atoms with van der Waals surface area (Å²) in [5, 5.41) is 39.8. The lowest BCUT2D eigenvalue weighted by atomic mass is 9.83. The monoisotopic (exact) mass is 1820 g/mol. The zero-order chi connectivity index (χ0) is 93.6. The maximum absolute atomic E-state index is 14.5. The van der Waals surface area contributed by atoms with Crippen LogP contribution < -0.4 is 37.2 Å². The number of nitrogen functional groups attached to an aromatic ring is 2. The minimum atomic E-state index is -1.10. The smallest absolute Gasteiger partial charge is 0.407 e. The number of ketones is 3. The molecule has 6 aliphatic rings. The maximum atomic E-state index is 14.5. The number of benzene rings is 2. The molecule has 1 saturated carbocycles. The van der Waals surface area contributed by atoms with Crippen molar-refractivity contribution >= 4 is 93.5 Å². The number of aliphatic hydroxyl groups is 2. The van der Waals surface area contributed by atoms with E-state index >= 15 is 0 Å². The number of nitrogens with zero attached hydrogens (tertiary/aromatic N) is 11. The number of anilines is 5. The van der Waals surface area contributed by atoms with E-state index in [1.807, 2.05) is 78.0 Å². The molecular formula is C96H129N17O19. The van der Waals surface area contributed by atoms with Gasteiger partial charge >= 0.3 is 12.1 Å². The molecule has 10 atom stereocenters. The number of piperidine rings is 1. The number of methoxy groups -OCH3 is 1. The number of carbonyl (C=O) groups excluding carboxylic acids is 8. The number of aromatic nitrogens is 7. The molecule has 712 valence electrons. The summed E-state index contributed by atoms with van der Waals surface area (Å²) < 4.78 is 52.4. The molecule has 2 aromatic carbocycles. The van der Waals surface area contributed by atoms with Crippen LogP contribution in [0.1, 0.15) is 188 Å². The Morgan fingerprint density at radius 3 is 2.18 bits per heavy atom. The Balaban J connectivity index is 0.503. The molecule has 36 nitrogen and oxygen atoms in total. The summed E-state index contributed by atoms with van der Waals surface area (Å²) in [7, 11) is 1.63. The second kappa shape index (κ2) is 49.9. The molecule has 0 spiro atoms. The molecule has 4 amide bonds. The molecule has 3 unspecified atom stereocenters. The normalized spacial score (nSPS) is 25.0. The van der Waals surface area contributed by atoms with Crippen LogP contribution in [0, 0.1) is 29.1 Å². The van der Waals surface area contributed by atoms with Crippen molar-refractivity contribution in [1.29, 1.82) is 5.41 Å². The number of piperazine rings is 1. The number of alkyl carbamates (subject to hydrolysis) is 1. The summed E-state index contributed by atoms with van der Waals surface area (Å²) in [4.78, 5) is 148. The first kappa shape index (κ1) is 99.6. The molecule has 5 aliphatic heterocycles. The predicted molar refractivity (Wildman–Crippen MR) is 492 cm³/mol. The molecule has 1 aliphatic carbocycles. The first-order valence-electron chi connectivity index (χ1n) is 46.3. The van der Waals surface area contributed by atoms with Gasteiger partial charge in [0.15, 0.2) is 5.58 Å². The van der Waals surface area contributed by atoms with Crippen molar-refractivity contribution in [3.63, 3.8) is 0 Å². The zero-order valence-electron chi connectivity index (χ0n) is 76.6. The highest BCUT2D eigenvalue weighted by atomic mass is 16.6. The molecule has 6 aromatic rings. The first-order valence-corrected chi connectivity index (χ1v) is 46.3. The number of hydrogen-bond donors (Lipinski definition) is 8. The summed E-state index contributed by atoms with van der Waals surface area (Å²) in [6.07, 6.45) is 22.8. The first-order chi connectivity index (χ1) is 63.8. The predicted octanol–water partition coefficient (Wildman–Crippen LogP) is 9.22. The van der Waals surface area contributed by atoms with Gasteiger partial charge < -0.3 is 99.5 Å². The molecule has 3 saturated heterocycles. The Hall–Kier alpha value is -11.4. The number of allylic oxidation sites excluding steroid dienone is 6. The minimum absolute atomic E-state index is 0.0171. The lowest BCUT2D eigenvalue weighted by molar-refractivity contribution is -0.167. The Morgan fingerprint density at radius 1 is 0.689 bits per heavy atom. The van der Waals surface area contributed by atoms with Gasteiger partial charge in [0.2, 0.25) is 23.6 Å². The van der Waals surface area contributed by atoms with Gasteiger partial charge in [0.05, 0.1) is 107 Å². The van der Waals surface area contributed by atoms with E-state index in [4.69, 9.17) is 59.2 Å². The van der Waals surface area contributed by atoms with E-state index < -0.39 is 60.1 Å². The molecule has 2 bridgehead atoms. The van der Waals surface area contributed by atoms with Crippen LogP contribution in [0.5, 0.6) is 0 Å². The van der Waals surface area contributed by atoms with E-state index in [0.717, 1.165) is 22.3 Å². The number of nitrogens with one attached hydrogen (secondary N) is 4. The van der Waals surface area contributed by atoms with Crippen LogP contribution in [0.4, 0.5) is 34.3 Å². The highest BCUT2D eigenvalue weighted by molar-refractivity contribution is 6.38. The number of rotatable bonds is 31. The van der Waals surface area contributed by atoms with Crippen LogP contribution in [-0.2, 0) is 92.7 Å². The van der Waals surface area contributed by atoms with E-state index in [1.54, 1.807) is 57.6 Å². The Morgan fingerprint density at radius 2 is 1.43 bits per heavy atom. The third kappa shape index (κ3) is 28.8. The average molecular weight is 1830 g/mol. The van der Waals surface area contributed by atoms with Crippen molar-refractivity contribution in [1.82, 2.24) is 55.3 Å². The van der Waals surface area contributed by atoms with E-state index in [9.17, 15) is 48.6 Å². The standard InChI is InChI=1S/C96H129N17O19/c1-60-13-8-7-9-14-61(2)83(124-6)48-74-15-12-17-82(129-74)87(119)91(121)113-31-11-10-16-77(113)92(122)130-75(47-78(115)63(4)44-64(5)80(117)49-79(116)62(3)43-60)26-21-65-19-24-73(25-20-65)131-96(123)106-53-67-51-102-95(103-52-67)112-34-33-111(57-72(112)58-114)94-104-54-71(55-105-94)90(120)100-30-36-126-38-40-128-42-41-127-39-37-125-35-29-84(118)110-32-28-68-45-66(18-22-70(68)56-110)50-101-89-85(88(98)107-59-108-89)86(97)69-23-27-81-76(46-69)109-93(99)132-81/h7-9,13-14,18,22-23,27,44-46,51-52,54-55,59-60,62-63,65,72-75,77,80,82-83,97,114,117H,10-12,15-17,19-21,24-26,28-43,47-50,53,56-58H2,1-6H3,(H2,99,109)(H,100,120)(H,106,123)(H3,98,101,107,108)/b9-7+,13-8+,61-14+,64-44+,97-86?/t60-,62-,63-,65-,72?,73-,74?,75-,77+,80+,82?,83+/m1/s1. The number of nitrogens with two attached hydrogens (primary N) is 2. The number of esters is 1. The molecule has 10 N–H and O–H groups in total. The summed E-state index contributed by atoms with van der Waals surface area (Å²) >= 11 is 0. The van der Waals surface area contributed by atoms with Crippen LogP contribution in [0.25, 0.3) is 11.1 Å². The topological polar surface area (TPSA) is 479 Å². The van der Waals surface area contributed by atoms with Crippen molar-refractivity contribution in [2.45, 2.75) is 219 Å². The summed E-state index contributed by atoms with van der Waals surface area (Å²) in [5.41, 5.74) is 19.7. The van der Waals surface area contributed by atoms with Gasteiger partial charge in [0, 0.05) is 133 Å². The zero-order valence-corrected chi connectivity index (χ0v) is 76.6. The van der Waals surface area contributed by atoms with Gasteiger partial charge in [-0.15, -0.1) is 0 Å². The van der Waals surface area contributed by atoms with Crippen molar-refractivity contribution < 1.29 is 90.9 Å². The van der Waals surface area contributed by atoms with E-state index in [-0.39, 0.29) is 148 Å². The third-order valence-corrected chi connectivity index (χ3v) is 25.4. The van der Waals surface area contributed by atoms with Crippen LogP contribution in [0.3, 0.4) is 0 Å². The number of ether oxygens (including phenoxy) is 8. The number of amides is 4. The molecule has 132 heavy (non-hydrogen) atoms. The van der Waals surface area contributed by atoms with Crippen LogP contribution in [0.15, 0.2) is 120 Å². The van der Waals surface area contributed by atoms with E-state index in [2.05, 4.69) is 56.9 Å². The van der Waals surface area contributed by atoms with Gasteiger partial charge in [-0.05, 0) is 162 Å². The van der Waals surface area contributed by atoms with Crippen molar-refractivity contribution in [3.05, 3.63) is 154 Å². The number of oxazole rings is 1. The Labute approximate surface area is 770 Å². The second-order valence-electron chi connectivity index (χ2n) is 35.1. The number of Topliss-reactive ketones (excluding diaryl/α,β-unsaturated/α-hetero) is 3. The van der Waals surface area contributed by atoms with Gasteiger partial charge in [0.25, 0.3) is 17.8 Å². The lowest BCUT2D eigenvalue weighted by Gasteiger charge is -2.40. The van der Waals surface area contributed by atoms with Gasteiger partial charge in [-0.1, -0.05) is 75.4 Å². The third-order valence-electron chi connectivity index (χ3n) is 25.4. The molecule has 9 heterocycles. The SMILES string of the molecule is CO[C@H]1CC2CCCC(O2)C(=O)C(=O)N2CCCC[C@H]2C(=O)O[C@H](CC[C@H]2CC[C@H](OC(=O)NCc3cnc(N4CCN(c5ncc(C(=O)NCCOCCOCCOCCOCCC(=O)N6CCc7cc(CNc8ncnc(N)c8C(=N)c8ccc9oc(N)nc9c8)ccc7C6)cn5)CC4CO)nc3)CC2)CC(=O)[C@H](C)/C=C(\C)[C@@H](O)CC(=O)[C@H](C)C[C@H](C)/C=C/C=C/C=C/1C. The highest BCUT2D eigenvalue weighted by Gasteiger charge is 2.42. The number of cyclic esters (lactones) is 1. The molecule has 36 heteroatoms. The summed E-state index contributed by atoms with van der Waals surface area (Å²) in [5.74, 6) is -2.28. The minimum Gasteiger partial charge on any atom is -0.460 e. The van der Waals surface area contributed by atoms with Crippen molar-refractivity contribution in [2.75, 3.05) is 132 Å². The van der Waals surface area contributed by atoms with Gasteiger partial charge in [0.1, 0.15) is 59.4 Å². The molecule has 0 radical (unpaired) electrons. The molecule has 4 aromatic heterocycles.